The van der Waals surface area contributed by atoms with Crippen molar-refractivity contribution in [1.29, 1.82) is 5.26 Å². The topological polar surface area (TPSA) is 120 Å². The summed E-state index contributed by atoms with van der Waals surface area (Å²) in [5.74, 6) is -1.60. The number of nitrogens with zero attached hydrogens (tertiary/aromatic N) is 2. The van der Waals surface area contributed by atoms with Crippen molar-refractivity contribution in [3.8, 4) is 11.8 Å². The highest BCUT2D eigenvalue weighted by Crippen LogP contribution is 2.24. The van der Waals surface area contributed by atoms with Gasteiger partial charge in [-0.1, -0.05) is 23.7 Å². The fraction of sp³-hybridized carbons (Fsp3) is 0.0556. The molecular weight excluding hydrogens is 376 g/mol. The second-order valence-corrected chi connectivity index (χ2v) is 5.45. The fourth-order valence-electron chi connectivity index (χ4n) is 2.03. The van der Waals surface area contributed by atoms with E-state index in [2.05, 4.69) is 4.74 Å². The molecule has 0 fully saturated rings. The van der Waals surface area contributed by atoms with Crippen molar-refractivity contribution in [2.45, 2.75) is 0 Å². The Balaban J connectivity index is 2.29. The Bertz CT molecular complexity index is 994. The Morgan fingerprint density at radius 3 is 2.63 bits per heavy atom. The smallest absolute Gasteiger partial charge is 0.348 e. The summed E-state index contributed by atoms with van der Waals surface area (Å²) in [7, 11) is 1.15. The summed E-state index contributed by atoms with van der Waals surface area (Å²) in [5, 5.41) is 19.8. The van der Waals surface area contributed by atoms with Gasteiger partial charge in [0.15, 0.2) is 0 Å². The van der Waals surface area contributed by atoms with Crippen LogP contribution in [0.5, 0.6) is 5.75 Å². The number of nitriles is 1. The first-order valence-electron chi connectivity index (χ1n) is 7.32. The number of hydrogen-bond acceptors (Lipinski definition) is 7. The molecule has 0 saturated heterocycles. The number of methoxy groups -OCH3 is 1. The maximum Gasteiger partial charge on any atom is 0.348 e. The number of nitro groups is 1. The third kappa shape index (κ3) is 4.90. The van der Waals surface area contributed by atoms with E-state index in [4.69, 9.17) is 21.6 Å². The van der Waals surface area contributed by atoms with Crippen LogP contribution in [0.25, 0.3) is 6.08 Å². The van der Waals surface area contributed by atoms with Crippen molar-refractivity contribution in [3.63, 3.8) is 0 Å². The lowest BCUT2D eigenvalue weighted by Crippen LogP contribution is -2.09. The SMILES string of the molecule is COC(=O)/C(C#N)=C/c1cccc(OC(=O)c2cc([N+](=O)[O-])ccc2Cl)c1. The number of hydrogen-bond donors (Lipinski definition) is 0. The molecule has 2 rings (SSSR count). The van der Waals surface area contributed by atoms with Crippen LogP contribution in [-0.2, 0) is 9.53 Å². The van der Waals surface area contributed by atoms with E-state index in [1.54, 1.807) is 12.1 Å². The maximum atomic E-state index is 12.3. The third-order valence-corrected chi connectivity index (χ3v) is 3.62. The van der Waals surface area contributed by atoms with Crippen LogP contribution in [0.15, 0.2) is 48.0 Å². The number of halogens is 1. The van der Waals surface area contributed by atoms with Crippen LogP contribution in [0.3, 0.4) is 0 Å². The molecule has 2 aromatic rings. The average molecular weight is 387 g/mol. The number of ether oxygens (including phenoxy) is 2. The van der Waals surface area contributed by atoms with Gasteiger partial charge in [0.1, 0.15) is 17.4 Å². The van der Waals surface area contributed by atoms with E-state index in [9.17, 15) is 19.7 Å². The first-order valence-corrected chi connectivity index (χ1v) is 7.69. The molecule has 0 amide bonds. The molecule has 0 radical (unpaired) electrons. The quantitative estimate of drug-likeness (QED) is 0.192. The fourth-order valence-corrected chi connectivity index (χ4v) is 2.22. The molecule has 0 bridgehead atoms. The van der Waals surface area contributed by atoms with Gasteiger partial charge in [-0.2, -0.15) is 5.26 Å². The molecule has 9 heteroatoms. The number of rotatable bonds is 5. The number of benzene rings is 2. The first kappa shape index (κ1) is 19.6. The average Bonchev–Trinajstić information content (AvgIpc) is 2.65. The zero-order valence-electron chi connectivity index (χ0n) is 13.8. The minimum Gasteiger partial charge on any atom is -0.465 e. The van der Waals surface area contributed by atoms with Gasteiger partial charge >= 0.3 is 11.9 Å². The molecule has 0 aliphatic rings. The lowest BCUT2D eigenvalue weighted by atomic mass is 10.1. The molecule has 0 aliphatic heterocycles. The Kier molecular flexibility index (Phi) is 6.25. The van der Waals surface area contributed by atoms with Gasteiger partial charge in [0, 0.05) is 12.1 Å². The molecule has 0 unspecified atom stereocenters. The van der Waals surface area contributed by atoms with Gasteiger partial charge in [-0.25, -0.2) is 9.59 Å². The molecule has 0 spiro atoms. The van der Waals surface area contributed by atoms with E-state index in [-0.39, 0.29) is 27.6 Å². The normalized spacial score (nSPS) is 10.6. The van der Waals surface area contributed by atoms with Gasteiger partial charge in [-0.3, -0.25) is 10.1 Å². The number of non-ortho nitro benzene ring substituents is 1. The van der Waals surface area contributed by atoms with Crippen molar-refractivity contribution in [2.24, 2.45) is 0 Å². The van der Waals surface area contributed by atoms with Crippen LogP contribution in [0.1, 0.15) is 15.9 Å². The molecule has 8 nitrogen and oxygen atoms in total. The monoisotopic (exact) mass is 386 g/mol. The lowest BCUT2D eigenvalue weighted by molar-refractivity contribution is -0.384. The largest absolute Gasteiger partial charge is 0.465 e. The Morgan fingerprint density at radius 2 is 2.00 bits per heavy atom. The van der Waals surface area contributed by atoms with Gasteiger partial charge in [0.2, 0.25) is 0 Å². The van der Waals surface area contributed by atoms with Gasteiger partial charge in [-0.15, -0.1) is 0 Å². The molecule has 0 saturated carbocycles. The number of esters is 2. The van der Waals surface area contributed by atoms with Crippen molar-refractivity contribution in [3.05, 3.63) is 74.3 Å². The van der Waals surface area contributed by atoms with Crippen molar-refractivity contribution < 1.29 is 24.0 Å². The van der Waals surface area contributed by atoms with Gasteiger partial charge in [-0.05, 0) is 29.8 Å². The highest BCUT2D eigenvalue weighted by atomic mass is 35.5. The summed E-state index contributed by atoms with van der Waals surface area (Å²) in [6.45, 7) is 0. The molecule has 0 aromatic heterocycles. The van der Waals surface area contributed by atoms with Crippen molar-refractivity contribution in [1.82, 2.24) is 0 Å². The van der Waals surface area contributed by atoms with Crippen LogP contribution in [0.4, 0.5) is 5.69 Å². The molecule has 0 N–H and O–H groups in total. The minimum atomic E-state index is -0.890. The highest BCUT2D eigenvalue weighted by Gasteiger charge is 2.18. The molecule has 0 atom stereocenters. The van der Waals surface area contributed by atoms with E-state index >= 15 is 0 Å². The van der Waals surface area contributed by atoms with E-state index in [0.29, 0.717) is 5.56 Å². The summed E-state index contributed by atoms with van der Waals surface area (Å²) >= 11 is 5.91. The van der Waals surface area contributed by atoms with Gasteiger partial charge < -0.3 is 9.47 Å². The van der Waals surface area contributed by atoms with E-state index in [1.807, 2.05) is 0 Å². The van der Waals surface area contributed by atoms with Crippen LogP contribution in [0, 0.1) is 21.4 Å². The summed E-state index contributed by atoms with van der Waals surface area (Å²) in [5.41, 5.74) is -0.297. The van der Waals surface area contributed by atoms with Crippen LogP contribution < -0.4 is 4.74 Å². The molecular formula is C18H11ClN2O6. The lowest BCUT2D eigenvalue weighted by Gasteiger charge is -2.07. The Morgan fingerprint density at radius 1 is 1.26 bits per heavy atom. The Labute approximate surface area is 158 Å². The molecule has 27 heavy (non-hydrogen) atoms. The van der Waals surface area contributed by atoms with Crippen LogP contribution in [0.2, 0.25) is 5.02 Å². The van der Waals surface area contributed by atoms with Crippen LogP contribution >= 0.6 is 11.6 Å². The highest BCUT2D eigenvalue weighted by molar-refractivity contribution is 6.33. The van der Waals surface area contributed by atoms with Crippen molar-refractivity contribution in [2.75, 3.05) is 7.11 Å². The zero-order valence-corrected chi connectivity index (χ0v) is 14.6. The standard InChI is InChI=1S/C18H11ClN2O6/c1-26-17(22)12(10-20)7-11-3-2-4-14(8-11)27-18(23)15-9-13(21(24)25)5-6-16(15)19/h2-9H,1H3/b12-7+. The van der Waals surface area contributed by atoms with E-state index in [0.717, 1.165) is 13.2 Å². The summed E-state index contributed by atoms with van der Waals surface area (Å²) in [6, 6.07) is 11.1. The summed E-state index contributed by atoms with van der Waals surface area (Å²) in [4.78, 5) is 33.9. The van der Waals surface area contributed by atoms with Crippen molar-refractivity contribution >= 4 is 35.3 Å². The molecule has 0 heterocycles. The second kappa shape index (κ2) is 8.60. The number of carbonyl (C=O) groups excluding carboxylic acids is 2. The molecule has 0 aliphatic carbocycles. The van der Waals surface area contributed by atoms with E-state index < -0.39 is 16.9 Å². The van der Waals surface area contributed by atoms with Crippen LogP contribution in [-0.4, -0.2) is 24.0 Å². The molecule has 2 aromatic carbocycles. The Hall–Kier alpha value is -3.70. The predicted octanol–water partition coefficient (Wildman–Crippen LogP) is 3.55. The number of carbonyl (C=O) groups is 2. The number of nitro benzene ring substituents is 1. The predicted molar refractivity (Wildman–Crippen MR) is 95.1 cm³/mol. The van der Waals surface area contributed by atoms with Gasteiger partial charge in [0.25, 0.3) is 5.69 Å². The minimum absolute atomic E-state index is 0.000826. The maximum absolute atomic E-state index is 12.3. The summed E-state index contributed by atoms with van der Waals surface area (Å²) < 4.78 is 9.67. The summed E-state index contributed by atoms with van der Waals surface area (Å²) in [6.07, 6.45) is 1.27. The van der Waals surface area contributed by atoms with E-state index in [1.165, 1.54) is 36.4 Å². The first-order chi connectivity index (χ1) is 12.8. The van der Waals surface area contributed by atoms with Gasteiger partial charge in [0.05, 0.1) is 22.6 Å². The zero-order chi connectivity index (χ0) is 20.0. The third-order valence-electron chi connectivity index (χ3n) is 3.29. The second-order valence-electron chi connectivity index (χ2n) is 5.04. The molecule has 136 valence electrons.